The number of nitrogens with two attached hydrogens (primary N) is 1. The lowest BCUT2D eigenvalue weighted by Crippen LogP contribution is -2.57. The van der Waals surface area contributed by atoms with Crippen molar-refractivity contribution in [2.45, 2.75) is 64.6 Å². The van der Waals surface area contributed by atoms with E-state index in [1.54, 1.807) is 0 Å². The van der Waals surface area contributed by atoms with E-state index >= 15 is 0 Å². The summed E-state index contributed by atoms with van der Waals surface area (Å²) >= 11 is 0. The lowest BCUT2D eigenvalue weighted by molar-refractivity contribution is -0.130. The summed E-state index contributed by atoms with van der Waals surface area (Å²) in [4.78, 5) is 36.8. The number of hydrogen-bond donors (Lipinski definition) is 3. The number of alkyl carbamates (subject to hydrolysis) is 1. The van der Waals surface area contributed by atoms with Gasteiger partial charge in [-0.2, -0.15) is 0 Å². The Morgan fingerprint density at radius 3 is 2.29 bits per heavy atom. The molecule has 2 rings (SSSR count). The summed E-state index contributed by atoms with van der Waals surface area (Å²) in [6.45, 7) is 3.76. The van der Waals surface area contributed by atoms with Crippen molar-refractivity contribution in [3.63, 3.8) is 0 Å². The highest BCUT2D eigenvalue weighted by atomic mass is 16.5. The number of primary amides is 1. The van der Waals surface area contributed by atoms with Gasteiger partial charge in [0, 0.05) is 0 Å². The van der Waals surface area contributed by atoms with E-state index in [0.717, 1.165) is 37.7 Å². The van der Waals surface area contributed by atoms with Crippen LogP contribution in [0, 0.1) is 11.8 Å². The number of ether oxygens (including phenoxy) is 1. The lowest BCUT2D eigenvalue weighted by Gasteiger charge is -2.30. The molecule has 154 valence electrons. The first-order valence-electron chi connectivity index (χ1n) is 9.95. The van der Waals surface area contributed by atoms with Crippen LogP contribution in [0.15, 0.2) is 30.3 Å². The molecule has 0 aromatic heterocycles. The smallest absolute Gasteiger partial charge is 0.408 e. The number of carbonyl (C=O) groups is 3. The number of nitrogens with one attached hydrogen (secondary N) is 2. The molecule has 4 N–H and O–H groups in total. The minimum absolute atomic E-state index is 0.0491. The second-order valence-corrected chi connectivity index (χ2v) is 7.71. The Morgan fingerprint density at radius 2 is 1.71 bits per heavy atom. The van der Waals surface area contributed by atoms with Gasteiger partial charge in [0.25, 0.3) is 0 Å². The fourth-order valence-corrected chi connectivity index (χ4v) is 3.56. The van der Waals surface area contributed by atoms with Gasteiger partial charge in [0.1, 0.15) is 18.7 Å². The SMILES string of the molecule is CC(C)[C@H](NC(=O)OCc1ccccc1)C(=O)N[C@@H](C(N)=O)C1CCCCC1. The highest BCUT2D eigenvalue weighted by Crippen LogP contribution is 2.26. The molecule has 1 aromatic rings. The third-order valence-corrected chi connectivity index (χ3v) is 5.16. The fraction of sp³-hybridized carbons (Fsp3) is 0.571. The highest BCUT2D eigenvalue weighted by molar-refractivity contribution is 5.91. The van der Waals surface area contributed by atoms with E-state index in [9.17, 15) is 14.4 Å². The van der Waals surface area contributed by atoms with Gasteiger partial charge in [-0.1, -0.05) is 63.4 Å². The maximum absolute atomic E-state index is 12.8. The first kappa shape index (κ1) is 21.7. The summed E-state index contributed by atoms with van der Waals surface area (Å²) < 4.78 is 5.21. The molecule has 0 spiro atoms. The minimum Gasteiger partial charge on any atom is -0.445 e. The van der Waals surface area contributed by atoms with Gasteiger partial charge in [-0.05, 0) is 30.2 Å². The number of carbonyl (C=O) groups excluding carboxylic acids is 3. The van der Waals surface area contributed by atoms with Gasteiger partial charge >= 0.3 is 6.09 Å². The zero-order valence-corrected chi connectivity index (χ0v) is 16.6. The van der Waals surface area contributed by atoms with Crippen molar-refractivity contribution in [1.29, 1.82) is 0 Å². The second kappa shape index (κ2) is 10.7. The van der Waals surface area contributed by atoms with Crippen molar-refractivity contribution in [1.82, 2.24) is 10.6 Å². The van der Waals surface area contributed by atoms with Crippen molar-refractivity contribution in [2.75, 3.05) is 0 Å². The zero-order chi connectivity index (χ0) is 20.5. The van der Waals surface area contributed by atoms with E-state index < -0.39 is 30.0 Å². The average molecular weight is 389 g/mol. The molecule has 0 bridgehead atoms. The molecular formula is C21H31N3O4. The molecular weight excluding hydrogens is 358 g/mol. The van der Waals surface area contributed by atoms with Crippen molar-refractivity contribution < 1.29 is 19.1 Å². The lowest BCUT2D eigenvalue weighted by atomic mass is 9.83. The van der Waals surface area contributed by atoms with E-state index in [1.165, 1.54) is 0 Å². The van der Waals surface area contributed by atoms with E-state index in [1.807, 2.05) is 44.2 Å². The van der Waals surface area contributed by atoms with Gasteiger partial charge in [0.2, 0.25) is 11.8 Å². The Morgan fingerprint density at radius 1 is 1.07 bits per heavy atom. The van der Waals surface area contributed by atoms with Gasteiger partial charge in [-0.25, -0.2) is 4.79 Å². The Kier molecular flexibility index (Phi) is 8.29. The average Bonchev–Trinajstić information content (AvgIpc) is 2.69. The van der Waals surface area contributed by atoms with Crippen LogP contribution in [0.4, 0.5) is 4.79 Å². The molecule has 1 aliphatic carbocycles. The predicted molar refractivity (Wildman–Crippen MR) is 106 cm³/mol. The van der Waals surface area contributed by atoms with Crippen LogP contribution < -0.4 is 16.4 Å². The van der Waals surface area contributed by atoms with Crippen LogP contribution in [0.2, 0.25) is 0 Å². The first-order chi connectivity index (χ1) is 13.4. The van der Waals surface area contributed by atoms with Gasteiger partial charge in [0.05, 0.1) is 0 Å². The molecule has 3 amide bonds. The van der Waals surface area contributed by atoms with E-state index in [-0.39, 0.29) is 18.4 Å². The van der Waals surface area contributed by atoms with Crippen LogP contribution in [0.3, 0.4) is 0 Å². The summed E-state index contributed by atoms with van der Waals surface area (Å²) in [5.41, 5.74) is 6.40. The molecule has 1 aliphatic rings. The molecule has 1 fully saturated rings. The molecule has 7 nitrogen and oxygen atoms in total. The molecule has 28 heavy (non-hydrogen) atoms. The Hall–Kier alpha value is -2.57. The van der Waals surface area contributed by atoms with Crippen LogP contribution in [0.5, 0.6) is 0 Å². The maximum atomic E-state index is 12.8. The summed E-state index contributed by atoms with van der Waals surface area (Å²) in [5, 5.41) is 5.37. The van der Waals surface area contributed by atoms with Crippen molar-refractivity contribution >= 4 is 17.9 Å². The van der Waals surface area contributed by atoms with Crippen LogP contribution in [0.1, 0.15) is 51.5 Å². The normalized spacial score (nSPS) is 16.8. The number of benzene rings is 1. The predicted octanol–water partition coefficient (Wildman–Crippen LogP) is 2.49. The number of hydrogen-bond acceptors (Lipinski definition) is 4. The Balaban J connectivity index is 1.94. The van der Waals surface area contributed by atoms with Crippen molar-refractivity contribution in [2.24, 2.45) is 17.6 Å². The zero-order valence-electron chi connectivity index (χ0n) is 16.6. The summed E-state index contributed by atoms with van der Waals surface area (Å²) in [7, 11) is 0. The van der Waals surface area contributed by atoms with Crippen molar-refractivity contribution in [3.05, 3.63) is 35.9 Å². The minimum atomic E-state index is -0.811. The molecule has 0 unspecified atom stereocenters. The topological polar surface area (TPSA) is 111 Å². The third-order valence-electron chi connectivity index (χ3n) is 5.16. The van der Waals surface area contributed by atoms with Crippen LogP contribution in [0.25, 0.3) is 0 Å². The Labute approximate surface area is 166 Å². The van der Waals surface area contributed by atoms with E-state index in [4.69, 9.17) is 10.5 Å². The molecule has 2 atom stereocenters. The molecule has 1 aromatic carbocycles. The number of amides is 3. The van der Waals surface area contributed by atoms with E-state index in [2.05, 4.69) is 10.6 Å². The van der Waals surface area contributed by atoms with Crippen LogP contribution >= 0.6 is 0 Å². The second-order valence-electron chi connectivity index (χ2n) is 7.71. The van der Waals surface area contributed by atoms with Gasteiger partial charge in [-0.3, -0.25) is 9.59 Å². The fourth-order valence-electron chi connectivity index (χ4n) is 3.56. The van der Waals surface area contributed by atoms with Gasteiger partial charge in [0.15, 0.2) is 0 Å². The van der Waals surface area contributed by atoms with Crippen LogP contribution in [-0.2, 0) is 20.9 Å². The van der Waals surface area contributed by atoms with Crippen molar-refractivity contribution in [3.8, 4) is 0 Å². The standard InChI is InChI=1S/C21H31N3O4/c1-14(2)17(24-21(27)28-13-15-9-5-3-6-10-15)20(26)23-18(19(22)25)16-11-7-4-8-12-16/h3,5-6,9-10,14,16-18H,4,7-8,11-13H2,1-2H3,(H2,22,25)(H,23,26)(H,24,27)/t17-,18+/m0/s1. The molecule has 1 saturated carbocycles. The molecule has 0 saturated heterocycles. The highest BCUT2D eigenvalue weighted by Gasteiger charge is 2.33. The summed E-state index contributed by atoms with van der Waals surface area (Å²) in [6.07, 6.45) is 4.26. The van der Waals surface area contributed by atoms with Gasteiger partial charge < -0.3 is 21.1 Å². The molecule has 7 heteroatoms. The summed E-state index contributed by atoms with van der Waals surface area (Å²) in [6, 6.07) is 7.77. The van der Waals surface area contributed by atoms with Gasteiger partial charge in [-0.15, -0.1) is 0 Å². The van der Waals surface area contributed by atoms with Crippen LogP contribution in [-0.4, -0.2) is 30.0 Å². The first-order valence-corrected chi connectivity index (χ1v) is 9.95. The molecule has 0 aliphatic heterocycles. The monoisotopic (exact) mass is 389 g/mol. The molecule has 0 radical (unpaired) electrons. The van der Waals surface area contributed by atoms with E-state index in [0.29, 0.717) is 0 Å². The third kappa shape index (κ3) is 6.55. The quantitative estimate of drug-likeness (QED) is 0.634. The summed E-state index contributed by atoms with van der Waals surface area (Å²) in [5.74, 6) is -1.08. The largest absolute Gasteiger partial charge is 0.445 e. The maximum Gasteiger partial charge on any atom is 0.408 e. The Bertz CT molecular complexity index is 657. The number of rotatable bonds is 8. The molecule has 0 heterocycles.